The van der Waals surface area contributed by atoms with E-state index in [2.05, 4.69) is 4.72 Å². The lowest BCUT2D eigenvalue weighted by atomic mass is 10.1. The molecule has 0 bridgehead atoms. The van der Waals surface area contributed by atoms with Gasteiger partial charge in [0.15, 0.2) is 0 Å². The Labute approximate surface area is 151 Å². The number of nitrogens with one attached hydrogen (secondary N) is 1. The van der Waals surface area contributed by atoms with Gasteiger partial charge in [-0.3, -0.25) is 0 Å². The van der Waals surface area contributed by atoms with Crippen molar-refractivity contribution in [3.8, 4) is 5.75 Å². The van der Waals surface area contributed by atoms with Gasteiger partial charge in [0.05, 0.1) is 11.5 Å². The van der Waals surface area contributed by atoms with E-state index >= 15 is 0 Å². The second kappa shape index (κ2) is 8.02. The molecule has 1 unspecified atom stereocenters. The van der Waals surface area contributed by atoms with Crippen LogP contribution in [0.15, 0.2) is 41.3 Å². The van der Waals surface area contributed by atoms with Gasteiger partial charge in [-0.25, -0.2) is 13.1 Å². The lowest BCUT2D eigenvalue weighted by Gasteiger charge is -2.17. The molecule has 5 heteroatoms. The molecule has 1 N–H and O–H groups in total. The average Bonchev–Trinajstić information content (AvgIpc) is 2.51. The molecule has 2 rings (SSSR count). The molecule has 136 valence electrons. The van der Waals surface area contributed by atoms with Crippen molar-refractivity contribution in [2.75, 3.05) is 13.2 Å². The Bertz CT molecular complexity index is 821. The van der Waals surface area contributed by atoms with Gasteiger partial charge >= 0.3 is 0 Å². The summed E-state index contributed by atoms with van der Waals surface area (Å²) in [5.41, 5.74) is 3.68. The quantitative estimate of drug-likeness (QED) is 0.813. The maximum absolute atomic E-state index is 12.7. The SMILES string of the molecule is Cc1cc(C)c(S(=O)(=O)NCC(C)COc2ccccc2C)c(C)c1. The molecule has 0 saturated heterocycles. The lowest BCUT2D eigenvalue weighted by molar-refractivity contribution is 0.259. The van der Waals surface area contributed by atoms with Crippen LogP contribution in [0.25, 0.3) is 0 Å². The summed E-state index contributed by atoms with van der Waals surface area (Å²) in [7, 11) is -3.53. The molecule has 0 radical (unpaired) electrons. The Morgan fingerprint density at radius 3 is 2.20 bits per heavy atom. The van der Waals surface area contributed by atoms with E-state index in [4.69, 9.17) is 4.74 Å². The van der Waals surface area contributed by atoms with Crippen LogP contribution in [0.5, 0.6) is 5.75 Å². The molecule has 0 aliphatic carbocycles. The fourth-order valence-electron chi connectivity index (χ4n) is 2.92. The number of aryl methyl sites for hydroxylation is 4. The summed E-state index contributed by atoms with van der Waals surface area (Å²) in [6.07, 6.45) is 0. The van der Waals surface area contributed by atoms with Crippen LogP contribution in [-0.4, -0.2) is 21.6 Å². The molecule has 25 heavy (non-hydrogen) atoms. The van der Waals surface area contributed by atoms with Crippen molar-refractivity contribution in [3.63, 3.8) is 0 Å². The number of ether oxygens (including phenoxy) is 1. The van der Waals surface area contributed by atoms with Crippen molar-refractivity contribution in [3.05, 3.63) is 58.7 Å². The highest BCUT2D eigenvalue weighted by molar-refractivity contribution is 7.89. The molecular formula is C20H27NO3S. The number of sulfonamides is 1. The van der Waals surface area contributed by atoms with Crippen LogP contribution in [0.2, 0.25) is 0 Å². The van der Waals surface area contributed by atoms with E-state index in [9.17, 15) is 8.42 Å². The second-order valence-electron chi connectivity index (χ2n) is 6.76. The van der Waals surface area contributed by atoms with Crippen LogP contribution in [0.4, 0.5) is 0 Å². The van der Waals surface area contributed by atoms with Crippen LogP contribution in [-0.2, 0) is 10.0 Å². The van der Waals surface area contributed by atoms with Gasteiger partial charge in [0.2, 0.25) is 10.0 Å². The molecule has 0 heterocycles. The lowest BCUT2D eigenvalue weighted by Crippen LogP contribution is -2.31. The van der Waals surface area contributed by atoms with E-state index in [1.165, 1.54) is 0 Å². The Kier molecular flexibility index (Phi) is 6.25. The van der Waals surface area contributed by atoms with Crippen molar-refractivity contribution < 1.29 is 13.2 Å². The largest absolute Gasteiger partial charge is 0.493 e. The first-order chi connectivity index (χ1) is 11.7. The second-order valence-corrected chi connectivity index (χ2v) is 8.47. The molecule has 0 amide bonds. The van der Waals surface area contributed by atoms with Gasteiger partial charge in [0.25, 0.3) is 0 Å². The first kappa shape index (κ1) is 19.5. The van der Waals surface area contributed by atoms with Gasteiger partial charge in [-0.2, -0.15) is 0 Å². The summed E-state index contributed by atoms with van der Waals surface area (Å²) >= 11 is 0. The third kappa shape index (κ3) is 5.06. The van der Waals surface area contributed by atoms with Gasteiger partial charge in [-0.1, -0.05) is 42.8 Å². The van der Waals surface area contributed by atoms with Crippen LogP contribution >= 0.6 is 0 Å². The first-order valence-electron chi connectivity index (χ1n) is 8.46. The molecule has 0 aromatic heterocycles. The summed E-state index contributed by atoms with van der Waals surface area (Å²) < 4.78 is 33.8. The van der Waals surface area contributed by atoms with E-state index in [0.717, 1.165) is 28.0 Å². The fraction of sp³-hybridized carbons (Fsp3) is 0.400. The molecular weight excluding hydrogens is 334 g/mol. The zero-order valence-electron chi connectivity index (χ0n) is 15.6. The highest BCUT2D eigenvalue weighted by Crippen LogP contribution is 2.22. The smallest absolute Gasteiger partial charge is 0.241 e. The maximum Gasteiger partial charge on any atom is 0.241 e. The van der Waals surface area contributed by atoms with Gasteiger partial charge in [-0.15, -0.1) is 0 Å². The minimum absolute atomic E-state index is 0.0560. The van der Waals surface area contributed by atoms with Crippen LogP contribution in [0, 0.1) is 33.6 Å². The first-order valence-corrected chi connectivity index (χ1v) is 9.95. The van der Waals surface area contributed by atoms with Crippen molar-refractivity contribution in [2.45, 2.75) is 39.5 Å². The minimum atomic E-state index is -3.53. The Hall–Kier alpha value is -1.85. The standard InChI is InChI=1S/C20H27NO3S/c1-14-10-17(4)20(18(5)11-14)25(22,23)21-12-15(2)13-24-19-9-7-6-8-16(19)3/h6-11,15,21H,12-13H2,1-5H3. The summed E-state index contributed by atoms with van der Waals surface area (Å²) in [4.78, 5) is 0.380. The van der Waals surface area contributed by atoms with Crippen molar-refractivity contribution in [1.29, 1.82) is 0 Å². The van der Waals surface area contributed by atoms with Gasteiger partial charge < -0.3 is 4.74 Å². The van der Waals surface area contributed by atoms with Crippen LogP contribution in [0.3, 0.4) is 0 Å². The zero-order chi connectivity index (χ0) is 18.6. The number of benzene rings is 2. The maximum atomic E-state index is 12.7. The minimum Gasteiger partial charge on any atom is -0.493 e. The normalized spacial score (nSPS) is 12.8. The summed E-state index contributed by atoms with van der Waals surface area (Å²) in [6.45, 7) is 10.4. The number of para-hydroxylation sites is 1. The number of rotatable bonds is 7. The molecule has 1 atom stereocenters. The van der Waals surface area contributed by atoms with Gasteiger partial charge in [-0.05, 0) is 50.5 Å². The van der Waals surface area contributed by atoms with Crippen molar-refractivity contribution in [1.82, 2.24) is 4.72 Å². The highest BCUT2D eigenvalue weighted by atomic mass is 32.2. The molecule has 0 saturated carbocycles. The third-order valence-corrected chi connectivity index (χ3v) is 5.84. The van der Waals surface area contributed by atoms with Gasteiger partial charge in [0.1, 0.15) is 5.75 Å². The molecule has 0 aliphatic heterocycles. The van der Waals surface area contributed by atoms with Crippen LogP contribution < -0.4 is 9.46 Å². The van der Waals surface area contributed by atoms with Crippen molar-refractivity contribution >= 4 is 10.0 Å². The highest BCUT2D eigenvalue weighted by Gasteiger charge is 2.20. The molecule has 2 aromatic rings. The summed E-state index contributed by atoms with van der Waals surface area (Å²) in [5, 5.41) is 0. The predicted molar refractivity (Wildman–Crippen MR) is 102 cm³/mol. The Morgan fingerprint density at radius 2 is 1.60 bits per heavy atom. The van der Waals surface area contributed by atoms with E-state index < -0.39 is 10.0 Å². The molecule has 2 aromatic carbocycles. The topological polar surface area (TPSA) is 55.4 Å². The molecule has 0 aliphatic rings. The number of hydrogen-bond acceptors (Lipinski definition) is 3. The Balaban J connectivity index is 1.99. The predicted octanol–water partition coefficient (Wildman–Crippen LogP) is 3.91. The molecule has 0 spiro atoms. The van der Waals surface area contributed by atoms with E-state index in [0.29, 0.717) is 18.0 Å². The van der Waals surface area contributed by atoms with E-state index in [1.807, 2.05) is 71.0 Å². The number of hydrogen-bond donors (Lipinski definition) is 1. The van der Waals surface area contributed by atoms with Crippen LogP contribution in [0.1, 0.15) is 29.2 Å². The van der Waals surface area contributed by atoms with Crippen molar-refractivity contribution in [2.24, 2.45) is 5.92 Å². The van der Waals surface area contributed by atoms with E-state index in [-0.39, 0.29) is 5.92 Å². The molecule has 0 fully saturated rings. The Morgan fingerprint density at radius 1 is 1.00 bits per heavy atom. The van der Waals surface area contributed by atoms with E-state index in [1.54, 1.807) is 0 Å². The fourth-order valence-corrected chi connectivity index (χ4v) is 4.54. The van der Waals surface area contributed by atoms with Gasteiger partial charge in [0, 0.05) is 12.5 Å². The summed E-state index contributed by atoms with van der Waals surface area (Å²) in [6, 6.07) is 11.6. The summed E-state index contributed by atoms with van der Waals surface area (Å²) in [5.74, 6) is 0.892. The zero-order valence-corrected chi connectivity index (χ0v) is 16.4. The molecule has 4 nitrogen and oxygen atoms in total. The monoisotopic (exact) mass is 361 g/mol. The average molecular weight is 362 g/mol. The third-order valence-electron chi connectivity index (χ3n) is 4.11.